The Kier molecular flexibility index (Phi) is 3.39. The summed E-state index contributed by atoms with van der Waals surface area (Å²) in [6, 6.07) is 8.06. The van der Waals surface area contributed by atoms with E-state index in [0.717, 1.165) is 23.1 Å². The highest BCUT2D eigenvalue weighted by atomic mass is 32.1. The third-order valence-corrected chi connectivity index (χ3v) is 3.88. The Labute approximate surface area is 100 Å². The summed E-state index contributed by atoms with van der Waals surface area (Å²) in [5, 5.41) is 3.23. The van der Waals surface area contributed by atoms with Gasteiger partial charge in [0.15, 0.2) is 5.78 Å². The Morgan fingerprint density at radius 2 is 2.19 bits per heavy atom. The fourth-order valence-corrected chi connectivity index (χ4v) is 2.94. The molecule has 1 atom stereocenters. The first-order valence-electron chi connectivity index (χ1n) is 5.74. The van der Waals surface area contributed by atoms with Crippen LogP contribution in [0.2, 0.25) is 0 Å². The zero-order chi connectivity index (χ0) is 11.5. The molecule has 2 rings (SSSR count). The summed E-state index contributed by atoms with van der Waals surface area (Å²) in [5.41, 5.74) is 0.897. The minimum absolute atomic E-state index is 0.137. The Balaban J connectivity index is 2.39. The quantitative estimate of drug-likeness (QED) is 0.708. The molecule has 0 fully saturated rings. The Bertz CT molecular complexity index is 498. The van der Waals surface area contributed by atoms with Crippen molar-refractivity contribution in [2.75, 3.05) is 0 Å². The Hall–Kier alpha value is -1.15. The number of benzene rings is 1. The van der Waals surface area contributed by atoms with Crippen molar-refractivity contribution in [2.45, 2.75) is 26.7 Å². The first kappa shape index (κ1) is 11.3. The van der Waals surface area contributed by atoms with E-state index >= 15 is 0 Å². The molecule has 1 aromatic heterocycles. The van der Waals surface area contributed by atoms with Crippen LogP contribution in [-0.4, -0.2) is 5.78 Å². The van der Waals surface area contributed by atoms with E-state index in [4.69, 9.17) is 0 Å². The predicted octanol–water partition coefficient (Wildman–Crippen LogP) is 4.52. The smallest absolute Gasteiger partial charge is 0.167 e. The number of carbonyl (C=O) groups excluding carboxylic acids is 1. The summed E-state index contributed by atoms with van der Waals surface area (Å²) in [6.07, 6.45) is 2.04. The third kappa shape index (κ3) is 2.03. The van der Waals surface area contributed by atoms with Crippen molar-refractivity contribution < 1.29 is 4.79 Å². The SMILES string of the molecule is CCCC(C)C(=O)c1cccc2ccsc12. The van der Waals surface area contributed by atoms with Crippen molar-refractivity contribution in [3.8, 4) is 0 Å². The summed E-state index contributed by atoms with van der Waals surface area (Å²) >= 11 is 1.66. The number of hydrogen-bond acceptors (Lipinski definition) is 2. The van der Waals surface area contributed by atoms with Gasteiger partial charge in [0.25, 0.3) is 0 Å². The molecule has 0 radical (unpaired) electrons. The van der Waals surface area contributed by atoms with Crippen LogP contribution in [0.25, 0.3) is 10.1 Å². The molecule has 0 spiro atoms. The highest BCUT2D eigenvalue weighted by Gasteiger charge is 2.16. The first-order chi connectivity index (χ1) is 7.74. The van der Waals surface area contributed by atoms with Crippen LogP contribution >= 0.6 is 11.3 Å². The highest BCUT2D eigenvalue weighted by molar-refractivity contribution is 7.17. The van der Waals surface area contributed by atoms with Gasteiger partial charge in [0.2, 0.25) is 0 Å². The van der Waals surface area contributed by atoms with Crippen molar-refractivity contribution in [1.29, 1.82) is 0 Å². The van der Waals surface area contributed by atoms with E-state index in [-0.39, 0.29) is 11.7 Å². The lowest BCUT2D eigenvalue weighted by Gasteiger charge is -2.09. The maximum Gasteiger partial charge on any atom is 0.167 e. The van der Waals surface area contributed by atoms with Gasteiger partial charge in [-0.25, -0.2) is 0 Å². The second-order valence-electron chi connectivity index (χ2n) is 4.20. The average molecular weight is 232 g/mol. The monoisotopic (exact) mass is 232 g/mol. The molecule has 1 unspecified atom stereocenters. The molecule has 84 valence electrons. The summed E-state index contributed by atoms with van der Waals surface area (Å²) in [4.78, 5) is 12.3. The van der Waals surface area contributed by atoms with E-state index in [9.17, 15) is 4.79 Å². The van der Waals surface area contributed by atoms with Gasteiger partial charge < -0.3 is 0 Å². The third-order valence-electron chi connectivity index (χ3n) is 2.91. The van der Waals surface area contributed by atoms with Crippen molar-refractivity contribution in [3.63, 3.8) is 0 Å². The van der Waals surface area contributed by atoms with Gasteiger partial charge in [-0.2, -0.15) is 0 Å². The summed E-state index contributed by atoms with van der Waals surface area (Å²) in [7, 11) is 0. The van der Waals surface area contributed by atoms with Crippen LogP contribution in [0.3, 0.4) is 0 Å². The Morgan fingerprint density at radius 1 is 1.38 bits per heavy atom. The van der Waals surface area contributed by atoms with E-state index in [1.165, 1.54) is 5.39 Å². The molecule has 0 saturated carbocycles. The average Bonchev–Trinajstić information content (AvgIpc) is 2.76. The standard InChI is InChI=1S/C14H16OS/c1-3-5-10(2)13(15)12-7-4-6-11-8-9-16-14(11)12/h4,6-10H,3,5H2,1-2H3. The fourth-order valence-electron chi connectivity index (χ4n) is 2.02. The van der Waals surface area contributed by atoms with Gasteiger partial charge in [0, 0.05) is 16.2 Å². The molecule has 16 heavy (non-hydrogen) atoms. The maximum atomic E-state index is 12.3. The lowest BCUT2D eigenvalue weighted by Crippen LogP contribution is -2.10. The van der Waals surface area contributed by atoms with E-state index in [2.05, 4.69) is 19.1 Å². The molecule has 0 bridgehead atoms. The molecule has 2 aromatic rings. The normalized spacial score (nSPS) is 12.9. The molecular formula is C14H16OS. The fraction of sp³-hybridized carbons (Fsp3) is 0.357. The van der Waals surface area contributed by atoms with Crippen LogP contribution in [0.1, 0.15) is 37.0 Å². The van der Waals surface area contributed by atoms with E-state index < -0.39 is 0 Å². The lowest BCUT2D eigenvalue weighted by atomic mass is 9.95. The molecule has 0 amide bonds. The molecule has 0 aliphatic heterocycles. The second kappa shape index (κ2) is 4.79. The van der Waals surface area contributed by atoms with Crippen LogP contribution in [0.4, 0.5) is 0 Å². The predicted molar refractivity (Wildman–Crippen MR) is 70.2 cm³/mol. The molecule has 1 nitrogen and oxygen atoms in total. The molecule has 1 aromatic carbocycles. The van der Waals surface area contributed by atoms with E-state index in [0.29, 0.717) is 0 Å². The van der Waals surface area contributed by atoms with Gasteiger partial charge in [-0.1, -0.05) is 32.4 Å². The van der Waals surface area contributed by atoms with Gasteiger partial charge in [-0.05, 0) is 29.3 Å². The number of fused-ring (bicyclic) bond motifs is 1. The largest absolute Gasteiger partial charge is 0.294 e. The van der Waals surface area contributed by atoms with Crippen molar-refractivity contribution in [2.24, 2.45) is 5.92 Å². The number of ketones is 1. The van der Waals surface area contributed by atoms with Crippen molar-refractivity contribution >= 4 is 27.2 Å². The summed E-state index contributed by atoms with van der Waals surface area (Å²) in [6.45, 7) is 4.15. The first-order valence-corrected chi connectivity index (χ1v) is 6.62. The lowest BCUT2D eigenvalue weighted by molar-refractivity contribution is 0.0925. The number of carbonyl (C=O) groups is 1. The summed E-state index contributed by atoms with van der Waals surface area (Å²) in [5.74, 6) is 0.424. The van der Waals surface area contributed by atoms with Gasteiger partial charge in [-0.15, -0.1) is 11.3 Å². The van der Waals surface area contributed by atoms with Crippen LogP contribution in [-0.2, 0) is 0 Å². The maximum absolute atomic E-state index is 12.3. The van der Waals surface area contributed by atoms with Gasteiger partial charge in [-0.3, -0.25) is 4.79 Å². The zero-order valence-electron chi connectivity index (χ0n) is 9.69. The van der Waals surface area contributed by atoms with Crippen molar-refractivity contribution in [3.05, 3.63) is 35.2 Å². The molecule has 1 heterocycles. The minimum Gasteiger partial charge on any atom is -0.294 e. The van der Waals surface area contributed by atoms with Gasteiger partial charge >= 0.3 is 0 Å². The highest BCUT2D eigenvalue weighted by Crippen LogP contribution is 2.27. The van der Waals surface area contributed by atoms with Crippen LogP contribution in [0.5, 0.6) is 0 Å². The zero-order valence-corrected chi connectivity index (χ0v) is 10.5. The van der Waals surface area contributed by atoms with Crippen LogP contribution in [0.15, 0.2) is 29.6 Å². The molecular weight excluding hydrogens is 216 g/mol. The molecule has 0 aliphatic carbocycles. The van der Waals surface area contributed by atoms with Gasteiger partial charge in [0.1, 0.15) is 0 Å². The number of thiophene rings is 1. The number of Topliss-reactive ketones (excluding diaryl/α,β-unsaturated/α-hetero) is 1. The van der Waals surface area contributed by atoms with Crippen LogP contribution in [0, 0.1) is 5.92 Å². The Morgan fingerprint density at radius 3 is 2.94 bits per heavy atom. The number of rotatable bonds is 4. The van der Waals surface area contributed by atoms with Crippen LogP contribution < -0.4 is 0 Å². The number of hydrogen-bond donors (Lipinski definition) is 0. The van der Waals surface area contributed by atoms with E-state index in [1.807, 2.05) is 24.4 Å². The topological polar surface area (TPSA) is 17.1 Å². The molecule has 0 aliphatic rings. The van der Waals surface area contributed by atoms with Gasteiger partial charge in [0.05, 0.1) is 0 Å². The van der Waals surface area contributed by atoms with E-state index in [1.54, 1.807) is 11.3 Å². The molecule has 2 heteroatoms. The second-order valence-corrected chi connectivity index (χ2v) is 5.11. The minimum atomic E-state index is 0.137. The van der Waals surface area contributed by atoms with Crippen molar-refractivity contribution in [1.82, 2.24) is 0 Å². The molecule has 0 saturated heterocycles. The molecule has 0 N–H and O–H groups in total. The summed E-state index contributed by atoms with van der Waals surface area (Å²) < 4.78 is 1.13.